The molecule has 2 nitrogen and oxygen atoms in total. The largest absolute Gasteiger partial charge is 0.358 e. The Morgan fingerprint density at radius 1 is 1.17 bits per heavy atom. The number of aliphatic hydroxyl groups is 1. The normalized spacial score (nSPS) is 21.9. The zero-order valence-electron chi connectivity index (χ0n) is 9.36. The lowest BCUT2D eigenvalue weighted by atomic mass is 9.96. The summed E-state index contributed by atoms with van der Waals surface area (Å²) in [6.07, 6.45) is 0. The van der Waals surface area contributed by atoms with Crippen molar-refractivity contribution < 1.29 is 14.2 Å². The number of hydrogen-bond acceptors (Lipinski definition) is 2. The van der Waals surface area contributed by atoms with Crippen LogP contribution in [0.5, 0.6) is 0 Å². The maximum Gasteiger partial charge on any atom is 0.220 e. The second-order valence-corrected chi connectivity index (χ2v) is 5.16. The van der Waals surface area contributed by atoms with Crippen molar-refractivity contribution in [2.75, 3.05) is 0 Å². The van der Waals surface area contributed by atoms with Gasteiger partial charge in [0.2, 0.25) is 5.79 Å². The van der Waals surface area contributed by atoms with Crippen LogP contribution in [-0.4, -0.2) is 5.11 Å². The van der Waals surface area contributed by atoms with Gasteiger partial charge in [0.1, 0.15) is 5.82 Å². The summed E-state index contributed by atoms with van der Waals surface area (Å²) in [5.41, 5.74) is 2.17. The summed E-state index contributed by atoms with van der Waals surface area (Å²) >= 11 is 3.38. The molecular weight excluding hydrogens is 299 g/mol. The van der Waals surface area contributed by atoms with Crippen molar-refractivity contribution in [3.63, 3.8) is 0 Å². The molecular formula is C14H10BrFO2. The van der Waals surface area contributed by atoms with E-state index in [1.54, 1.807) is 0 Å². The van der Waals surface area contributed by atoms with Crippen molar-refractivity contribution in [2.45, 2.75) is 12.4 Å². The maximum atomic E-state index is 12.9. The zero-order valence-corrected chi connectivity index (χ0v) is 10.9. The Morgan fingerprint density at radius 3 is 2.61 bits per heavy atom. The van der Waals surface area contributed by atoms with Crippen LogP contribution in [0, 0.1) is 5.82 Å². The molecule has 1 unspecified atom stereocenters. The average molecular weight is 309 g/mol. The lowest BCUT2D eigenvalue weighted by Gasteiger charge is -2.23. The van der Waals surface area contributed by atoms with Crippen LogP contribution in [0.15, 0.2) is 46.9 Å². The molecule has 1 N–H and O–H groups in total. The fourth-order valence-corrected chi connectivity index (χ4v) is 2.60. The monoisotopic (exact) mass is 308 g/mol. The second kappa shape index (κ2) is 4.16. The van der Waals surface area contributed by atoms with Crippen molar-refractivity contribution >= 4 is 15.9 Å². The van der Waals surface area contributed by atoms with Crippen molar-refractivity contribution in [1.82, 2.24) is 0 Å². The van der Waals surface area contributed by atoms with Gasteiger partial charge in [-0.3, -0.25) is 0 Å². The highest BCUT2D eigenvalue weighted by atomic mass is 79.9. The lowest BCUT2D eigenvalue weighted by molar-refractivity contribution is -0.170. The van der Waals surface area contributed by atoms with E-state index in [-0.39, 0.29) is 5.82 Å². The Morgan fingerprint density at radius 2 is 1.89 bits per heavy atom. The lowest BCUT2D eigenvalue weighted by Crippen LogP contribution is -2.26. The van der Waals surface area contributed by atoms with Crippen LogP contribution in [0.2, 0.25) is 0 Å². The van der Waals surface area contributed by atoms with Gasteiger partial charge in [-0.1, -0.05) is 34.1 Å². The van der Waals surface area contributed by atoms with E-state index in [2.05, 4.69) is 15.9 Å². The SMILES string of the molecule is OC1(c2ccc(F)cc2)OCc2cc(Br)ccc21. The first-order valence-electron chi connectivity index (χ1n) is 5.51. The summed E-state index contributed by atoms with van der Waals surface area (Å²) in [5, 5.41) is 10.6. The van der Waals surface area contributed by atoms with Gasteiger partial charge in [-0.15, -0.1) is 0 Å². The maximum absolute atomic E-state index is 12.9. The molecule has 92 valence electrons. The van der Waals surface area contributed by atoms with Crippen molar-refractivity contribution in [3.05, 3.63) is 69.4 Å². The summed E-state index contributed by atoms with van der Waals surface area (Å²) < 4.78 is 19.4. The Hall–Kier alpha value is -1.23. The van der Waals surface area contributed by atoms with Gasteiger partial charge in [0.25, 0.3) is 0 Å². The second-order valence-electron chi connectivity index (χ2n) is 4.24. The molecule has 4 heteroatoms. The minimum atomic E-state index is -1.48. The molecule has 0 saturated heterocycles. The highest BCUT2D eigenvalue weighted by molar-refractivity contribution is 9.10. The predicted octanol–water partition coefficient (Wildman–Crippen LogP) is 3.31. The highest BCUT2D eigenvalue weighted by Gasteiger charge is 2.39. The van der Waals surface area contributed by atoms with E-state index in [0.29, 0.717) is 17.7 Å². The molecule has 18 heavy (non-hydrogen) atoms. The van der Waals surface area contributed by atoms with Gasteiger partial charge in [-0.25, -0.2) is 4.39 Å². The van der Waals surface area contributed by atoms with Gasteiger partial charge in [-0.05, 0) is 29.8 Å². The molecule has 0 aromatic heterocycles. The molecule has 0 amide bonds. The third kappa shape index (κ3) is 1.77. The van der Waals surface area contributed by atoms with Gasteiger partial charge in [0.05, 0.1) is 6.61 Å². The van der Waals surface area contributed by atoms with E-state index < -0.39 is 5.79 Å². The zero-order chi connectivity index (χ0) is 12.8. The van der Waals surface area contributed by atoms with E-state index in [4.69, 9.17) is 4.74 Å². The summed E-state index contributed by atoms with van der Waals surface area (Å²) in [7, 11) is 0. The van der Waals surface area contributed by atoms with Gasteiger partial charge < -0.3 is 9.84 Å². The standard InChI is InChI=1S/C14H10BrFO2/c15-11-3-6-13-9(7-11)8-18-14(13,17)10-1-4-12(16)5-2-10/h1-7,17H,8H2. The van der Waals surface area contributed by atoms with E-state index in [1.165, 1.54) is 24.3 Å². The molecule has 1 aliphatic heterocycles. The molecule has 1 aliphatic rings. The number of benzene rings is 2. The van der Waals surface area contributed by atoms with Crippen molar-refractivity contribution in [3.8, 4) is 0 Å². The summed E-state index contributed by atoms with van der Waals surface area (Å²) in [6.45, 7) is 0.336. The Balaban J connectivity index is 2.11. The first-order chi connectivity index (χ1) is 8.59. The van der Waals surface area contributed by atoms with Crippen molar-refractivity contribution in [2.24, 2.45) is 0 Å². The number of fused-ring (bicyclic) bond motifs is 1. The van der Waals surface area contributed by atoms with Crippen LogP contribution in [0.4, 0.5) is 4.39 Å². The van der Waals surface area contributed by atoms with E-state index in [9.17, 15) is 9.50 Å². The third-order valence-corrected chi connectivity index (χ3v) is 3.60. The number of hydrogen-bond donors (Lipinski definition) is 1. The third-order valence-electron chi connectivity index (χ3n) is 3.10. The quantitative estimate of drug-likeness (QED) is 0.876. The summed E-state index contributed by atoms with van der Waals surface area (Å²) in [5.74, 6) is -1.82. The predicted molar refractivity (Wildman–Crippen MR) is 68.3 cm³/mol. The Kier molecular flexibility index (Phi) is 2.73. The molecule has 2 aromatic rings. The molecule has 2 aromatic carbocycles. The molecule has 1 heterocycles. The summed E-state index contributed by atoms with van der Waals surface area (Å²) in [6, 6.07) is 11.3. The van der Waals surface area contributed by atoms with Crippen LogP contribution >= 0.6 is 15.9 Å². The van der Waals surface area contributed by atoms with Gasteiger partial charge in [0.15, 0.2) is 0 Å². The van der Waals surface area contributed by atoms with Gasteiger partial charge in [0, 0.05) is 15.6 Å². The van der Waals surface area contributed by atoms with Gasteiger partial charge >= 0.3 is 0 Å². The minimum Gasteiger partial charge on any atom is -0.358 e. The first-order valence-corrected chi connectivity index (χ1v) is 6.30. The van der Waals surface area contributed by atoms with Crippen LogP contribution in [-0.2, 0) is 17.1 Å². The molecule has 0 spiro atoms. The van der Waals surface area contributed by atoms with Crippen molar-refractivity contribution in [1.29, 1.82) is 0 Å². The van der Waals surface area contributed by atoms with Crippen LogP contribution < -0.4 is 0 Å². The van der Waals surface area contributed by atoms with Gasteiger partial charge in [-0.2, -0.15) is 0 Å². The van der Waals surface area contributed by atoms with E-state index in [1.807, 2.05) is 18.2 Å². The molecule has 3 rings (SSSR count). The summed E-state index contributed by atoms with van der Waals surface area (Å²) in [4.78, 5) is 0. The molecule has 0 aliphatic carbocycles. The fourth-order valence-electron chi connectivity index (χ4n) is 2.19. The van der Waals surface area contributed by atoms with Crippen LogP contribution in [0.3, 0.4) is 0 Å². The minimum absolute atomic E-state index is 0.336. The smallest absolute Gasteiger partial charge is 0.220 e. The number of rotatable bonds is 1. The molecule has 0 bridgehead atoms. The number of halogens is 2. The fraction of sp³-hybridized carbons (Fsp3) is 0.143. The van der Waals surface area contributed by atoms with E-state index in [0.717, 1.165) is 10.0 Å². The van der Waals surface area contributed by atoms with Crippen LogP contribution in [0.25, 0.3) is 0 Å². The molecule has 1 atom stereocenters. The molecule has 0 radical (unpaired) electrons. The Labute approximate surface area is 112 Å². The molecule has 0 saturated carbocycles. The average Bonchev–Trinajstić information content (AvgIpc) is 2.68. The first kappa shape index (κ1) is 11.8. The molecule has 0 fully saturated rings. The van der Waals surface area contributed by atoms with Crippen LogP contribution in [0.1, 0.15) is 16.7 Å². The highest BCUT2D eigenvalue weighted by Crippen LogP contribution is 2.40. The topological polar surface area (TPSA) is 29.5 Å². The van der Waals surface area contributed by atoms with E-state index >= 15 is 0 Å². The number of ether oxygens (including phenoxy) is 1. The Bertz CT molecular complexity index is 597.